The van der Waals surface area contributed by atoms with Crippen LogP contribution in [-0.4, -0.2) is 19.1 Å². The van der Waals surface area contributed by atoms with Gasteiger partial charge < -0.3 is 8.98 Å². The van der Waals surface area contributed by atoms with E-state index in [-0.39, 0.29) is 0 Å². The Morgan fingerprint density at radius 2 is 0.934 bits per heavy atom. The van der Waals surface area contributed by atoms with E-state index in [0.29, 0.717) is 0 Å². The van der Waals surface area contributed by atoms with Crippen molar-refractivity contribution in [2.45, 2.75) is 0 Å². The van der Waals surface area contributed by atoms with Crippen LogP contribution >= 0.6 is 0 Å². The number of furan rings is 1. The molecule has 0 saturated heterocycles. The summed E-state index contributed by atoms with van der Waals surface area (Å²) >= 11 is 0. The summed E-state index contributed by atoms with van der Waals surface area (Å²) in [6, 6.07) is 69.4. The number of hydrogen-bond acceptors (Lipinski definition) is 3. The molecule has 0 radical (unpaired) electrons. The van der Waals surface area contributed by atoms with E-state index < -0.39 is 0 Å². The highest BCUT2D eigenvalue weighted by Gasteiger charge is 2.28. The topological polar surface area (TPSA) is 48.8 Å². The third-order valence-corrected chi connectivity index (χ3v) is 12.8. The molecule has 14 rings (SSSR count). The van der Waals surface area contributed by atoms with Gasteiger partial charge in [-0.2, -0.15) is 0 Å². The van der Waals surface area contributed by atoms with Crippen molar-refractivity contribution < 1.29 is 4.42 Å². The van der Waals surface area contributed by atoms with Crippen molar-refractivity contribution >= 4 is 98.1 Å². The fraction of sp³-hybridized carbons (Fsp3) is 0. The molecule has 4 aromatic heterocycles. The Balaban J connectivity index is 1.25. The Bertz CT molecular complexity index is 4100. The Hall–Kier alpha value is -8.28. The third-order valence-electron chi connectivity index (χ3n) is 12.8. The molecule has 0 spiro atoms. The lowest BCUT2D eigenvalue weighted by atomic mass is 9.92. The molecule has 0 amide bonds. The van der Waals surface area contributed by atoms with Crippen LogP contribution in [0.4, 0.5) is 0 Å². The molecular formula is C56H32N4O. The Kier molecular flexibility index (Phi) is 6.49. The molecule has 5 heteroatoms. The molecule has 0 aliphatic rings. The van der Waals surface area contributed by atoms with Crippen molar-refractivity contribution in [1.82, 2.24) is 19.1 Å². The number of hydrogen-bond donors (Lipinski definition) is 0. The van der Waals surface area contributed by atoms with Gasteiger partial charge in [-0.25, -0.2) is 9.97 Å². The zero-order valence-electron chi connectivity index (χ0n) is 32.7. The molecule has 4 heterocycles. The van der Waals surface area contributed by atoms with Gasteiger partial charge in [0, 0.05) is 43.6 Å². The summed E-state index contributed by atoms with van der Waals surface area (Å²) < 4.78 is 11.3. The lowest BCUT2D eigenvalue weighted by molar-refractivity contribution is 0.669. The maximum absolute atomic E-state index is 6.48. The minimum atomic E-state index is 0.770. The van der Waals surface area contributed by atoms with Gasteiger partial charge in [0.1, 0.15) is 16.9 Å². The van der Waals surface area contributed by atoms with Crippen LogP contribution in [0.2, 0.25) is 0 Å². The summed E-state index contributed by atoms with van der Waals surface area (Å²) in [5.41, 5.74) is 13.0. The van der Waals surface area contributed by atoms with E-state index in [1.807, 2.05) is 24.3 Å². The molecule has 0 atom stereocenters. The van der Waals surface area contributed by atoms with Gasteiger partial charge in [0.2, 0.25) is 0 Å². The maximum atomic E-state index is 6.48. The smallest absolute Gasteiger partial charge is 0.165 e. The number of benzene rings is 9. The van der Waals surface area contributed by atoms with Gasteiger partial charge in [-0.3, -0.25) is 4.57 Å². The average Bonchev–Trinajstić information content (AvgIpc) is 3.99. The van der Waals surface area contributed by atoms with Crippen LogP contribution in [0.15, 0.2) is 199 Å². The minimum Gasteiger partial charge on any atom is -0.456 e. The number of para-hydroxylation sites is 4. The predicted molar refractivity (Wildman–Crippen MR) is 253 cm³/mol. The van der Waals surface area contributed by atoms with Crippen LogP contribution in [0.1, 0.15) is 0 Å². The summed E-state index contributed by atoms with van der Waals surface area (Å²) in [6.45, 7) is 0. The number of fused-ring (bicyclic) bond motifs is 7. The number of aromatic nitrogens is 4. The molecule has 14 aromatic rings. The van der Waals surface area contributed by atoms with Gasteiger partial charge >= 0.3 is 0 Å². The SMILES string of the molecule is c1ccc(-c2cc3c4ccccc4c4cccc5c4c4c6c3c(c2)n(-c2nc3ccccc3nc2-c2cccc3oc7ccccc7c23)c6ccc4n5-c2ccccc2)cc1. The first-order valence-electron chi connectivity index (χ1n) is 20.8. The van der Waals surface area contributed by atoms with Gasteiger partial charge in [0.05, 0.1) is 33.1 Å². The summed E-state index contributed by atoms with van der Waals surface area (Å²) in [7, 11) is 0. The van der Waals surface area contributed by atoms with Crippen molar-refractivity contribution in [3.8, 4) is 33.9 Å². The highest BCUT2D eigenvalue weighted by molar-refractivity contribution is 6.39. The molecule has 0 aliphatic heterocycles. The van der Waals surface area contributed by atoms with E-state index in [9.17, 15) is 0 Å². The van der Waals surface area contributed by atoms with E-state index in [2.05, 4.69) is 179 Å². The van der Waals surface area contributed by atoms with Crippen molar-refractivity contribution in [2.75, 3.05) is 0 Å². The van der Waals surface area contributed by atoms with Gasteiger partial charge in [-0.1, -0.05) is 127 Å². The van der Waals surface area contributed by atoms with Gasteiger partial charge in [0.25, 0.3) is 0 Å². The van der Waals surface area contributed by atoms with Crippen LogP contribution in [0.5, 0.6) is 0 Å². The second-order valence-electron chi connectivity index (χ2n) is 16.1. The minimum absolute atomic E-state index is 0.770. The Morgan fingerprint density at radius 3 is 1.74 bits per heavy atom. The quantitative estimate of drug-likeness (QED) is 0.179. The average molecular weight is 777 g/mol. The van der Waals surface area contributed by atoms with Gasteiger partial charge in [-0.15, -0.1) is 0 Å². The van der Waals surface area contributed by atoms with E-state index in [0.717, 1.165) is 83.4 Å². The highest BCUT2D eigenvalue weighted by Crippen LogP contribution is 2.50. The molecule has 0 bridgehead atoms. The van der Waals surface area contributed by atoms with Crippen LogP contribution in [0.3, 0.4) is 0 Å². The van der Waals surface area contributed by atoms with Crippen LogP contribution in [0.25, 0.3) is 132 Å². The molecule has 10 aromatic carbocycles. The van der Waals surface area contributed by atoms with Crippen molar-refractivity contribution in [3.63, 3.8) is 0 Å². The third kappa shape index (κ3) is 4.44. The zero-order valence-corrected chi connectivity index (χ0v) is 32.7. The summed E-state index contributed by atoms with van der Waals surface area (Å²) in [6.07, 6.45) is 0. The lowest BCUT2D eigenvalue weighted by Gasteiger charge is -2.15. The Labute approximate surface area is 348 Å². The fourth-order valence-corrected chi connectivity index (χ4v) is 10.3. The van der Waals surface area contributed by atoms with Crippen molar-refractivity contribution in [3.05, 3.63) is 194 Å². The molecular weight excluding hydrogens is 745 g/mol. The molecule has 5 nitrogen and oxygen atoms in total. The second-order valence-corrected chi connectivity index (χ2v) is 16.1. The summed E-state index contributed by atoms with van der Waals surface area (Å²) in [5.74, 6) is 0.770. The second kappa shape index (κ2) is 12.1. The first-order valence-corrected chi connectivity index (χ1v) is 20.8. The van der Waals surface area contributed by atoms with E-state index in [1.54, 1.807) is 0 Å². The molecule has 282 valence electrons. The summed E-state index contributed by atoms with van der Waals surface area (Å²) in [4.78, 5) is 11.2. The van der Waals surface area contributed by atoms with Crippen LogP contribution in [-0.2, 0) is 0 Å². The monoisotopic (exact) mass is 776 g/mol. The van der Waals surface area contributed by atoms with E-state index in [1.165, 1.54) is 48.6 Å². The standard InChI is InChI=1S/C56H32N4O/c1-3-15-33(16-4-1)34-31-41-37-20-8-7-19-36(37)38-22-13-26-44-51(38)53-45(59(44)35-17-5-2-6-18-35)29-30-46-54(53)52(41)47(32-34)60(46)56-55(57-42-24-10-11-25-43(42)58-56)40-23-14-28-49-50(40)39-21-9-12-27-48(39)61-49/h1-32H. The van der Waals surface area contributed by atoms with Crippen LogP contribution in [0, 0.1) is 0 Å². The van der Waals surface area contributed by atoms with Gasteiger partial charge in [-0.05, 0) is 99.4 Å². The first-order chi connectivity index (χ1) is 30.3. The van der Waals surface area contributed by atoms with Crippen LogP contribution < -0.4 is 0 Å². The molecule has 0 fully saturated rings. The highest BCUT2D eigenvalue weighted by atomic mass is 16.3. The fourth-order valence-electron chi connectivity index (χ4n) is 10.3. The number of nitrogens with zero attached hydrogens (tertiary/aromatic N) is 4. The van der Waals surface area contributed by atoms with Crippen molar-refractivity contribution in [2.24, 2.45) is 0 Å². The van der Waals surface area contributed by atoms with Gasteiger partial charge in [0.15, 0.2) is 5.82 Å². The molecule has 0 unspecified atom stereocenters. The first kappa shape index (κ1) is 32.7. The zero-order chi connectivity index (χ0) is 39.8. The predicted octanol–water partition coefficient (Wildman–Crippen LogP) is 14.8. The largest absolute Gasteiger partial charge is 0.456 e. The normalized spacial score (nSPS) is 12.3. The molecule has 0 N–H and O–H groups in total. The number of rotatable bonds is 4. The van der Waals surface area contributed by atoms with Crippen molar-refractivity contribution in [1.29, 1.82) is 0 Å². The molecule has 0 saturated carbocycles. The summed E-state index contributed by atoms with van der Waals surface area (Å²) in [5, 5.41) is 11.8. The lowest BCUT2D eigenvalue weighted by Crippen LogP contribution is -2.04. The van der Waals surface area contributed by atoms with E-state index >= 15 is 0 Å². The Morgan fingerprint density at radius 1 is 0.344 bits per heavy atom. The van der Waals surface area contributed by atoms with E-state index in [4.69, 9.17) is 14.4 Å². The molecule has 0 aliphatic carbocycles. The molecule has 61 heavy (non-hydrogen) atoms. The maximum Gasteiger partial charge on any atom is 0.165 e.